The number of benzene rings is 1. The van der Waals surface area contributed by atoms with Crippen molar-refractivity contribution in [3.63, 3.8) is 0 Å². The summed E-state index contributed by atoms with van der Waals surface area (Å²) in [4.78, 5) is 13.0. The highest BCUT2D eigenvalue weighted by atomic mass is 19.1. The Balaban J connectivity index is 2.84. The van der Waals surface area contributed by atoms with E-state index in [1.807, 2.05) is 6.07 Å². The van der Waals surface area contributed by atoms with Crippen molar-refractivity contribution in [2.75, 3.05) is 19.3 Å². The zero-order valence-electron chi connectivity index (χ0n) is 8.90. The second kappa shape index (κ2) is 5.12. The van der Waals surface area contributed by atoms with Crippen LogP contribution in [0.1, 0.15) is 16.8 Å². The van der Waals surface area contributed by atoms with E-state index in [0.717, 1.165) is 6.07 Å². The molecule has 0 radical (unpaired) electrons. The van der Waals surface area contributed by atoms with Gasteiger partial charge in [-0.05, 0) is 18.2 Å². The number of nitrogens with zero attached hydrogens (tertiary/aromatic N) is 2. The number of carbonyl (C=O) groups is 1. The Labute approximate surface area is 93.1 Å². The van der Waals surface area contributed by atoms with Crippen LogP contribution >= 0.6 is 0 Å². The van der Waals surface area contributed by atoms with Crippen molar-refractivity contribution >= 4 is 11.6 Å². The highest BCUT2D eigenvalue weighted by molar-refractivity contribution is 5.94. The SMILES string of the molecule is CN(CCC#N)C(=O)c1ccc(N)cc1F. The van der Waals surface area contributed by atoms with Crippen molar-refractivity contribution < 1.29 is 9.18 Å². The first-order chi connectivity index (χ1) is 7.56. The van der Waals surface area contributed by atoms with E-state index in [9.17, 15) is 9.18 Å². The Hall–Kier alpha value is -2.09. The Bertz CT molecular complexity index is 439. The Morgan fingerprint density at radius 2 is 2.31 bits per heavy atom. The molecule has 1 aromatic rings. The summed E-state index contributed by atoms with van der Waals surface area (Å²) in [5, 5.41) is 8.38. The second-order valence-corrected chi connectivity index (χ2v) is 3.37. The summed E-state index contributed by atoms with van der Waals surface area (Å²) < 4.78 is 13.4. The van der Waals surface area contributed by atoms with E-state index >= 15 is 0 Å². The fourth-order valence-corrected chi connectivity index (χ4v) is 1.23. The fourth-order valence-electron chi connectivity index (χ4n) is 1.23. The quantitative estimate of drug-likeness (QED) is 0.784. The van der Waals surface area contributed by atoms with Gasteiger partial charge in [0.2, 0.25) is 0 Å². The summed E-state index contributed by atoms with van der Waals surface area (Å²) in [5.74, 6) is -1.10. The average molecular weight is 221 g/mol. The predicted molar refractivity (Wildman–Crippen MR) is 58.0 cm³/mol. The van der Waals surface area contributed by atoms with E-state index < -0.39 is 11.7 Å². The third-order valence-electron chi connectivity index (χ3n) is 2.13. The smallest absolute Gasteiger partial charge is 0.256 e. The number of amides is 1. The summed E-state index contributed by atoms with van der Waals surface area (Å²) >= 11 is 0. The van der Waals surface area contributed by atoms with E-state index in [1.54, 1.807) is 0 Å². The number of rotatable bonds is 3. The van der Waals surface area contributed by atoms with Crippen LogP contribution in [0.4, 0.5) is 10.1 Å². The number of anilines is 1. The monoisotopic (exact) mass is 221 g/mol. The molecule has 0 saturated heterocycles. The molecule has 0 unspecified atom stereocenters. The summed E-state index contributed by atoms with van der Waals surface area (Å²) in [7, 11) is 1.52. The van der Waals surface area contributed by atoms with Gasteiger partial charge in [-0.1, -0.05) is 0 Å². The van der Waals surface area contributed by atoms with Gasteiger partial charge >= 0.3 is 0 Å². The molecule has 16 heavy (non-hydrogen) atoms. The first-order valence-corrected chi connectivity index (χ1v) is 4.73. The van der Waals surface area contributed by atoms with Crippen LogP contribution in [0.5, 0.6) is 0 Å². The van der Waals surface area contributed by atoms with Gasteiger partial charge in [0.15, 0.2) is 0 Å². The fraction of sp³-hybridized carbons (Fsp3) is 0.273. The molecule has 2 N–H and O–H groups in total. The minimum atomic E-state index is -0.645. The first kappa shape index (κ1) is 12.0. The molecule has 0 aliphatic heterocycles. The van der Waals surface area contributed by atoms with Gasteiger partial charge in [0.05, 0.1) is 18.1 Å². The summed E-state index contributed by atoms with van der Waals surface area (Å²) in [6.07, 6.45) is 0.221. The van der Waals surface area contributed by atoms with Gasteiger partial charge in [-0.15, -0.1) is 0 Å². The molecule has 4 nitrogen and oxygen atoms in total. The van der Waals surface area contributed by atoms with Crippen molar-refractivity contribution in [3.05, 3.63) is 29.6 Å². The molecule has 1 aromatic carbocycles. The molecule has 0 heterocycles. The molecule has 0 fully saturated rings. The molecular formula is C11H12FN3O. The van der Waals surface area contributed by atoms with Gasteiger partial charge < -0.3 is 10.6 Å². The normalized spacial score (nSPS) is 9.56. The van der Waals surface area contributed by atoms with Gasteiger partial charge in [0.25, 0.3) is 5.91 Å². The summed E-state index contributed by atoms with van der Waals surface area (Å²) in [6, 6.07) is 5.83. The highest BCUT2D eigenvalue weighted by Gasteiger charge is 2.15. The Morgan fingerprint density at radius 3 is 2.88 bits per heavy atom. The van der Waals surface area contributed by atoms with Gasteiger partial charge in [-0.3, -0.25) is 4.79 Å². The predicted octanol–water partition coefficient (Wildman–Crippen LogP) is 1.39. The molecule has 0 saturated carbocycles. The van der Waals surface area contributed by atoms with Crippen LogP contribution in [-0.2, 0) is 0 Å². The number of halogens is 1. The molecule has 0 aliphatic carbocycles. The Kier molecular flexibility index (Phi) is 3.84. The van der Waals surface area contributed by atoms with Crippen molar-refractivity contribution in [2.24, 2.45) is 0 Å². The number of nitrogens with two attached hydrogens (primary N) is 1. The maximum Gasteiger partial charge on any atom is 0.256 e. The molecule has 1 amide bonds. The molecule has 0 spiro atoms. The molecule has 84 valence electrons. The van der Waals surface area contributed by atoms with Gasteiger partial charge in [-0.25, -0.2) is 4.39 Å². The van der Waals surface area contributed by atoms with Crippen LogP contribution < -0.4 is 5.73 Å². The van der Waals surface area contributed by atoms with E-state index in [2.05, 4.69) is 0 Å². The molecule has 0 aliphatic rings. The maximum absolute atomic E-state index is 13.4. The van der Waals surface area contributed by atoms with Crippen LogP contribution in [0.3, 0.4) is 0 Å². The topological polar surface area (TPSA) is 70.1 Å². The molecular weight excluding hydrogens is 209 g/mol. The zero-order chi connectivity index (χ0) is 12.1. The van der Waals surface area contributed by atoms with Crippen LogP contribution in [0.2, 0.25) is 0 Å². The van der Waals surface area contributed by atoms with Gasteiger partial charge in [-0.2, -0.15) is 5.26 Å². The van der Waals surface area contributed by atoms with Crippen LogP contribution in [0.25, 0.3) is 0 Å². The molecule has 0 bridgehead atoms. The van der Waals surface area contributed by atoms with Crippen LogP contribution in [0, 0.1) is 17.1 Å². The highest BCUT2D eigenvalue weighted by Crippen LogP contribution is 2.13. The van der Waals surface area contributed by atoms with E-state index in [-0.39, 0.29) is 24.2 Å². The van der Waals surface area contributed by atoms with E-state index in [0.29, 0.717) is 0 Å². The summed E-state index contributed by atoms with van der Waals surface area (Å²) in [5.41, 5.74) is 5.62. The molecule has 1 rings (SSSR count). The van der Waals surface area contributed by atoms with Crippen molar-refractivity contribution in [2.45, 2.75) is 6.42 Å². The maximum atomic E-state index is 13.4. The summed E-state index contributed by atoms with van der Waals surface area (Å²) in [6.45, 7) is 0.277. The lowest BCUT2D eigenvalue weighted by atomic mass is 10.1. The number of nitrogen functional groups attached to an aromatic ring is 1. The average Bonchev–Trinajstić information content (AvgIpc) is 2.25. The van der Waals surface area contributed by atoms with Crippen LogP contribution in [0.15, 0.2) is 18.2 Å². The van der Waals surface area contributed by atoms with E-state index in [4.69, 9.17) is 11.0 Å². The second-order valence-electron chi connectivity index (χ2n) is 3.37. The Morgan fingerprint density at radius 1 is 1.62 bits per heavy atom. The number of hydrogen-bond acceptors (Lipinski definition) is 3. The lowest BCUT2D eigenvalue weighted by molar-refractivity contribution is 0.0793. The minimum Gasteiger partial charge on any atom is -0.399 e. The van der Waals surface area contributed by atoms with Gasteiger partial charge in [0.1, 0.15) is 5.82 Å². The van der Waals surface area contributed by atoms with Crippen molar-refractivity contribution in [1.29, 1.82) is 5.26 Å². The molecule has 0 aromatic heterocycles. The molecule has 5 heteroatoms. The lowest BCUT2D eigenvalue weighted by Gasteiger charge is -2.15. The van der Waals surface area contributed by atoms with Gasteiger partial charge in [0, 0.05) is 19.3 Å². The third-order valence-corrected chi connectivity index (χ3v) is 2.13. The van der Waals surface area contributed by atoms with E-state index in [1.165, 1.54) is 24.1 Å². The number of hydrogen-bond donors (Lipinski definition) is 1. The first-order valence-electron chi connectivity index (χ1n) is 4.73. The lowest BCUT2D eigenvalue weighted by Crippen LogP contribution is -2.28. The molecule has 0 atom stereocenters. The standard InChI is InChI=1S/C11H12FN3O/c1-15(6-2-5-13)11(16)9-4-3-8(14)7-10(9)12/h3-4,7H,2,6,14H2,1H3. The third kappa shape index (κ3) is 2.70. The number of nitriles is 1. The van der Waals surface area contributed by atoms with Crippen molar-refractivity contribution in [1.82, 2.24) is 4.90 Å². The van der Waals surface area contributed by atoms with Crippen LogP contribution in [-0.4, -0.2) is 24.4 Å². The largest absolute Gasteiger partial charge is 0.399 e. The zero-order valence-corrected chi connectivity index (χ0v) is 8.90. The number of carbonyl (C=O) groups excluding carboxylic acids is 1. The minimum absolute atomic E-state index is 0.0327. The van der Waals surface area contributed by atoms with Crippen molar-refractivity contribution in [3.8, 4) is 6.07 Å².